The highest BCUT2D eigenvalue weighted by atomic mass is 31.2. The summed E-state index contributed by atoms with van der Waals surface area (Å²) in [5.41, 5.74) is 0.549. The van der Waals surface area contributed by atoms with Crippen molar-refractivity contribution in [1.82, 2.24) is 9.55 Å². The van der Waals surface area contributed by atoms with E-state index in [1.54, 1.807) is 21.3 Å². The van der Waals surface area contributed by atoms with Crippen LogP contribution in [-0.2, 0) is 32.3 Å². The standard InChI is InChI=1S/C13H17O3P.C5H6N2O2.C2H6O.CH2O2/c1-2-6-13-11(4-1)7-9-17(16-13)15-10-12-5-3-8-14-12;1-7-3-2-4(8)6-5(7)9;1-3-2;2-1-3/h1-2,4,6,12H,3,5,7-10H2;2-3H,1H3,(H,6,8,9);1-2H3;1H,(H,2,3). The second kappa shape index (κ2) is 16.2. The molecule has 2 atom stereocenters. The molecule has 1 aromatic heterocycles. The minimum atomic E-state index is -0.755. The lowest BCUT2D eigenvalue weighted by atomic mass is 10.1. The first-order valence-corrected chi connectivity index (χ1v) is 11.3. The van der Waals surface area contributed by atoms with Crippen molar-refractivity contribution in [1.29, 1.82) is 0 Å². The Bertz CT molecular complexity index is 896. The molecule has 3 heterocycles. The molecule has 2 aliphatic heterocycles. The number of aromatic amines is 1. The van der Waals surface area contributed by atoms with Crippen LogP contribution in [-0.4, -0.2) is 60.8 Å². The van der Waals surface area contributed by atoms with Crippen LogP contribution in [0.25, 0.3) is 0 Å². The fraction of sp³-hybridized carbons (Fsp3) is 0.476. The summed E-state index contributed by atoms with van der Waals surface area (Å²) in [4.78, 5) is 31.4. The van der Waals surface area contributed by atoms with E-state index in [2.05, 4.69) is 21.9 Å². The normalized spacial score (nSPS) is 18.2. The molecule has 1 aromatic carbocycles. The number of rotatable bonds is 3. The largest absolute Gasteiger partial charge is 0.483 e. The van der Waals surface area contributed by atoms with Gasteiger partial charge in [-0.2, -0.15) is 0 Å². The van der Waals surface area contributed by atoms with Gasteiger partial charge in [0.2, 0.25) is 8.38 Å². The van der Waals surface area contributed by atoms with Crippen molar-refractivity contribution in [2.24, 2.45) is 7.05 Å². The molecule has 178 valence electrons. The number of hydrogen-bond acceptors (Lipinski definition) is 7. The van der Waals surface area contributed by atoms with Crippen LogP contribution in [0, 0.1) is 0 Å². The van der Waals surface area contributed by atoms with Crippen molar-refractivity contribution in [2.45, 2.75) is 25.4 Å². The summed E-state index contributed by atoms with van der Waals surface area (Å²) in [6.45, 7) is 1.32. The highest BCUT2D eigenvalue weighted by Crippen LogP contribution is 2.45. The number of ether oxygens (including phenoxy) is 2. The van der Waals surface area contributed by atoms with Gasteiger partial charge in [-0.25, -0.2) is 4.79 Å². The maximum absolute atomic E-state index is 10.5. The minimum absolute atomic E-state index is 0.250. The molecule has 2 aliphatic rings. The number of H-pyrrole nitrogens is 1. The Morgan fingerprint density at radius 1 is 1.28 bits per heavy atom. The SMILES string of the molecule is COC.Cn1ccc(=O)[nH]c1=O.O=CO.c1ccc2c(c1)CCP(OCC1CCCO1)O2. The molecule has 2 unspecified atom stereocenters. The molecule has 0 radical (unpaired) electrons. The number of aryl methyl sites for hydroxylation is 2. The molecule has 1 saturated heterocycles. The van der Waals surface area contributed by atoms with Crippen LogP contribution in [0.5, 0.6) is 5.75 Å². The van der Waals surface area contributed by atoms with E-state index in [1.165, 1.54) is 22.4 Å². The van der Waals surface area contributed by atoms with Crippen LogP contribution in [0.3, 0.4) is 0 Å². The summed E-state index contributed by atoms with van der Waals surface area (Å²) in [6.07, 6.45) is 6.06. The van der Waals surface area contributed by atoms with Crippen LogP contribution in [0.4, 0.5) is 0 Å². The summed E-state index contributed by atoms with van der Waals surface area (Å²) in [6, 6.07) is 9.52. The molecule has 1 fully saturated rings. The fourth-order valence-electron chi connectivity index (χ4n) is 2.68. The first-order chi connectivity index (χ1) is 15.4. The molecule has 11 heteroatoms. The van der Waals surface area contributed by atoms with Gasteiger partial charge in [0.1, 0.15) is 5.75 Å². The Morgan fingerprint density at radius 3 is 2.56 bits per heavy atom. The number of benzene rings is 1. The highest BCUT2D eigenvalue weighted by Gasteiger charge is 2.23. The van der Waals surface area contributed by atoms with Crippen LogP contribution >= 0.6 is 8.38 Å². The molecule has 2 aromatic rings. The fourth-order valence-corrected chi connectivity index (χ4v) is 4.11. The van der Waals surface area contributed by atoms with Crippen molar-refractivity contribution >= 4 is 14.8 Å². The Kier molecular flexibility index (Phi) is 13.9. The van der Waals surface area contributed by atoms with E-state index in [4.69, 9.17) is 23.7 Å². The molecular weight excluding hydrogens is 439 g/mol. The van der Waals surface area contributed by atoms with E-state index >= 15 is 0 Å². The van der Waals surface area contributed by atoms with Crippen molar-refractivity contribution in [3.8, 4) is 5.75 Å². The molecule has 0 spiro atoms. The number of carbonyl (C=O) groups is 1. The molecule has 4 rings (SSSR count). The lowest BCUT2D eigenvalue weighted by molar-refractivity contribution is -0.122. The van der Waals surface area contributed by atoms with Crippen molar-refractivity contribution < 1.29 is 28.4 Å². The average molecular weight is 470 g/mol. The van der Waals surface area contributed by atoms with Gasteiger partial charge in [0.05, 0.1) is 12.7 Å². The monoisotopic (exact) mass is 470 g/mol. The lowest BCUT2D eigenvalue weighted by Gasteiger charge is -2.25. The van der Waals surface area contributed by atoms with Crippen molar-refractivity contribution in [2.75, 3.05) is 33.6 Å². The van der Waals surface area contributed by atoms with Crippen LogP contribution in [0.2, 0.25) is 0 Å². The second-order valence-corrected chi connectivity index (χ2v) is 8.22. The van der Waals surface area contributed by atoms with Gasteiger partial charge >= 0.3 is 5.69 Å². The summed E-state index contributed by atoms with van der Waals surface area (Å²) < 4.78 is 22.8. The summed E-state index contributed by atoms with van der Waals surface area (Å²) in [5.74, 6) is 0.997. The van der Waals surface area contributed by atoms with Gasteiger partial charge in [-0.05, 0) is 30.9 Å². The molecule has 32 heavy (non-hydrogen) atoms. The van der Waals surface area contributed by atoms with Crippen LogP contribution in [0.1, 0.15) is 18.4 Å². The van der Waals surface area contributed by atoms with E-state index in [9.17, 15) is 9.59 Å². The number of carboxylic acid groups (broad SMARTS) is 1. The Hall–Kier alpha value is -2.52. The molecule has 10 nitrogen and oxygen atoms in total. The first kappa shape index (κ1) is 27.5. The lowest BCUT2D eigenvalue weighted by Crippen LogP contribution is -2.26. The predicted octanol–water partition coefficient (Wildman–Crippen LogP) is 2.17. The Morgan fingerprint density at radius 2 is 1.97 bits per heavy atom. The molecular formula is C21H31N2O8P. The zero-order valence-electron chi connectivity index (χ0n) is 18.6. The zero-order chi connectivity index (χ0) is 23.8. The van der Waals surface area contributed by atoms with E-state index in [1.807, 2.05) is 12.1 Å². The van der Waals surface area contributed by atoms with Gasteiger partial charge in [0.15, 0.2) is 0 Å². The highest BCUT2D eigenvalue weighted by molar-refractivity contribution is 7.47. The van der Waals surface area contributed by atoms with Crippen LogP contribution < -0.4 is 15.8 Å². The summed E-state index contributed by atoms with van der Waals surface area (Å²) >= 11 is 0. The van der Waals surface area contributed by atoms with Gasteiger partial charge in [-0.1, -0.05) is 18.2 Å². The maximum atomic E-state index is 10.5. The molecule has 0 bridgehead atoms. The summed E-state index contributed by atoms with van der Waals surface area (Å²) in [7, 11) is 4.06. The number of aromatic nitrogens is 2. The molecule has 2 N–H and O–H groups in total. The minimum Gasteiger partial charge on any atom is -0.483 e. The maximum Gasteiger partial charge on any atom is 0.328 e. The van der Waals surface area contributed by atoms with Crippen LogP contribution in [0.15, 0.2) is 46.1 Å². The third kappa shape index (κ3) is 10.7. The van der Waals surface area contributed by atoms with E-state index in [0.717, 1.165) is 37.8 Å². The van der Waals surface area contributed by atoms with Gasteiger partial charge in [0, 0.05) is 46.3 Å². The van der Waals surface area contributed by atoms with E-state index in [-0.39, 0.29) is 17.7 Å². The number of nitrogens with one attached hydrogen (secondary N) is 1. The second-order valence-electron chi connectivity index (χ2n) is 6.67. The van der Waals surface area contributed by atoms with Gasteiger partial charge in [-0.15, -0.1) is 0 Å². The quantitative estimate of drug-likeness (QED) is 0.516. The third-order valence-corrected chi connectivity index (χ3v) is 5.59. The molecule has 0 amide bonds. The van der Waals surface area contributed by atoms with Gasteiger partial charge in [0.25, 0.3) is 12.0 Å². The molecule has 0 aliphatic carbocycles. The number of fused-ring (bicyclic) bond motifs is 1. The van der Waals surface area contributed by atoms with Gasteiger partial charge in [-0.3, -0.25) is 14.6 Å². The summed E-state index contributed by atoms with van der Waals surface area (Å²) in [5, 5.41) is 6.89. The zero-order valence-corrected chi connectivity index (χ0v) is 19.5. The topological polar surface area (TPSA) is 129 Å². The average Bonchev–Trinajstić information content (AvgIpc) is 3.30. The van der Waals surface area contributed by atoms with E-state index < -0.39 is 8.38 Å². The first-order valence-electron chi connectivity index (χ1n) is 9.97. The number of methoxy groups -OCH3 is 1. The third-order valence-electron chi connectivity index (χ3n) is 4.16. The smallest absolute Gasteiger partial charge is 0.328 e. The van der Waals surface area contributed by atoms with Gasteiger partial charge < -0.3 is 28.2 Å². The van der Waals surface area contributed by atoms with Crippen molar-refractivity contribution in [3.05, 3.63) is 62.9 Å². The Labute approximate surface area is 188 Å². The predicted molar refractivity (Wildman–Crippen MR) is 121 cm³/mol. The number of hydrogen-bond donors (Lipinski definition) is 2. The number of para-hydroxylation sites is 1. The van der Waals surface area contributed by atoms with Crippen molar-refractivity contribution in [3.63, 3.8) is 0 Å². The van der Waals surface area contributed by atoms with E-state index in [0.29, 0.717) is 12.7 Å². The number of nitrogens with zero attached hydrogens (tertiary/aromatic N) is 1. The Balaban J connectivity index is 0.000000287. The molecule has 0 saturated carbocycles.